The van der Waals surface area contributed by atoms with Crippen LogP contribution in [-0.2, 0) is 6.54 Å². The number of aromatic nitrogens is 1. The van der Waals surface area contributed by atoms with Gasteiger partial charge in [0.1, 0.15) is 0 Å². The lowest BCUT2D eigenvalue weighted by Crippen LogP contribution is -2.47. The zero-order valence-corrected chi connectivity index (χ0v) is 12.5. The molecule has 1 aromatic rings. The van der Waals surface area contributed by atoms with Crippen LogP contribution in [0.25, 0.3) is 0 Å². The summed E-state index contributed by atoms with van der Waals surface area (Å²) in [6, 6.07) is 1.04. The molecule has 2 amide bonds. The van der Waals surface area contributed by atoms with Crippen molar-refractivity contribution in [2.45, 2.75) is 38.0 Å². The van der Waals surface area contributed by atoms with Crippen LogP contribution in [0.5, 0.6) is 5.75 Å². The molecule has 3 rings (SSSR count). The number of pyridine rings is 1. The van der Waals surface area contributed by atoms with Gasteiger partial charge in [0.05, 0.1) is 31.5 Å². The first-order valence-electron chi connectivity index (χ1n) is 7.51. The molecule has 1 saturated heterocycles. The minimum Gasteiger partial charge on any atom is -0.494 e. The van der Waals surface area contributed by atoms with Crippen LogP contribution in [-0.4, -0.2) is 46.8 Å². The lowest BCUT2D eigenvalue weighted by atomic mass is 10.0. The van der Waals surface area contributed by atoms with Gasteiger partial charge in [-0.3, -0.25) is 4.98 Å². The van der Waals surface area contributed by atoms with Crippen molar-refractivity contribution in [3.63, 3.8) is 0 Å². The van der Waals surface area contributed by atoms with Gasteiger partial charge in [-0.05, 0) is 25.2 Å². The SMILES string of the molecule is COc1ccnc(CNC(=O)N2CC[C@@H]3CC[C@@H](O)[C@@H]32)c1F. The molecule has 7 heteroatoms. The molecule has 2 aliphatic rings. The highest BCUT2D eigenvalue weighted by Gasteiger charge is 2.45. The van der Waals surface area contributed by atoms with Gasteiger partial charge in [-0.25, -0.2) is 9.18 Å². The number of likely N-dealkylation sites (tertiary alicyclic amines) is 1. The van der Waals surface area contributed by atoms with E-state index < -0.39 is 11.9 Å². The van der Waals surface area contributed by atoms with Gasteiger partial charge in [0.15, 0.2) is 11.6 Å². The highest BCUT2D eigenvalue weighted by molar-refractivity contribution is 5.75. The summed E-state index contributed by atoms with van der Waals surface area (Å²) in [4.78, 5) is 17.9. The molecule has 1 aliphatic carbocycles. The number of rotatable bonds is 3. The summed E-state index contributed by atoms with van der Waals surface area (Å²) < 4.78 is 18.9. The molecule has 22 heavy (non-hydrogen) atoms. The van der Waals surface area contributed by atoms with E-state index in [1.165, 1.54) is 19.4 Å². The average Bonchev–Trinajstić information content (AvgIpc) is 3.09. The van der Waals surface area contributed by atoms with E-state index in [-0.39, 0.29) is 30.1 Å². The number of carbonyl (C=O) groups excluding carboxylic acids is 1. The second kappa shape index (κ2) is 6.08. The maximum Gasteiger partial charge on any atom is 0.318 e. The summed E-state index contributed by atoms with van der Waals surface area (Å²) in [5.74, 6) is -0.0790. The normalized spacial score (nSPS) is 26.9. The third-order valence-electron chi connectivity index (χ3n) is 4.62. The van der Waals surface area contributed by atoms with Crippen LogP contribution < -0.4 is 10.1 Å². The van der Waals surface area contributed by atoms with E-state index in [0.717, 1.165) is 19.3 Å². The number of hydrogen-bond donors (Lipinski definition) is 2. The largest absolute Gasteiger partial charge is 0.494 e. The van der Waals surface area contributed by atoms with Crippen LogP contribution in [0.4, 0.5) is 9.18 Å². The number of halogens is 1. The third-order valence-corrected chi connectivity index (χ3v) is 4.62. The third kappa shape index (κ3) is 2.61. The zero-order valence-electron chi connectivity index (χ0n) is 12.5. The average molecular weight is 309 g/mol. The number of nitrogens with one attached hydrogen (secondary N) is 1. The van der Waals surface area contributed by atoms with Crippen molar-refractivity contribution >= 4 is 6.03 Å². The number of amides is 2. The van der Waals surface area contributed by atoms with Crippen LogP contribution in [0, 0.1) is 11.7 Å². The summed E-state index contributed by atoms with van der Waals surface area (Å²) >= 11 is 0. The quantitative estimate of drug-likeness (QED) is 0.882. The summed E-state index contributed by atoms with van der Waals surface area (Å²) in [6.45, 7) is 0.623. The molecule has 0 aromatic carbocycles. The number of fused-ring (bicyclic) bond motifs is 1. The maximum absolute atomic E-state index is 14.0. The first-order chi connectivity index (χ1) is 10.6. The van der Waals surface area contributed by atoms with Crippen molar-refractivity contribution < 1.29 is 19.0 Å². The topological polar surface area (TPSA) is 74.7 Å². The first-order valence-corrected chi connectivity index (χ1v) is 7.51. The monoisotopic (exact) mass is 309 g/mol. The number of aliphatic hydroxyl groups excluding tert-OH is 1. The van der Waals surface area contributed by atoms with Gasteiger partial charge in [0.25, 0.3) is 0 Å². The summed E-state index contributed by atoms with van der Waals surface area (Å²) in [5, 5.41) is 12.7. The molecule has 1 aromatic heterocycles. The van der Waals surface area contributed by atoms with Gasteiger partial charge in [-0.1, -0.05) is 0 Å². The maximum atomic E-state index is 14.0. The fraction of sp³-hybridized carbons (Fsp3) is 0.600. The van der Waals surface area contributed by atoms with Gasteiger partial charge < -0.3 is 20.1 Å². The van der Waals surface area contributed by atoms with Gasteiger partial charge in [-0.15, -0.1) is 0 Å². The molecule has 2 N–H and O–H groups in total. The fourth-order valence-electron chi connectivity index (χ4n) is 3.52. The molecule has 6 nitrogen and oxygen atoms in total. The number of carbonyl (C=O) groups is 1. The van der Waals surface area contributed by atoms with Crippen molar-refractivity contribution in [1.82, 2.24) is 15.2 Å². The van der Waals surface area contributed by atoms with E-state index in [1.54, 1.807) is 4.90 Å². The van der Waals surface area contributed by atoms with E-state index in [1.807, 2.05) is 0 Å². The number of urea groups is 1. The Morgan fingerprint density at radius 1 is 1.55 bits per heavy atom. The smallest absolute Gasteiger partial charge is 0.318 e. The van der Waals surface area contributed by atoms with Crippen molar-refractivity contribution in [3.8, 4) is 5.75 Å². The van der Waals surface area contributed by atoms with Crippen molar-refractivity contribution in [1.29, 1.82) is 0 Å². The van der Waals surface area contributed by atoms with Crippen LogP contribution >= 0.6 is 0 Å². The molecule has 0 bridgehead atoms. The second-order valence-corrected chi connectivity index (χ2v) is 5.81. The summed E-state index contributed by atoms with van der Waals surface area (Å²) in [7, 11) is 1.38. The van der Waals surface area contributed by atoms with Crippen LogP contribution in [0.1, 0.15) is 25.0 Å². The molecule has 2 fully saturated rings. The predicted octanol–water partition coefficient (Wildman–Crippen LogP) is 1.28. The van der Waals surface area contributed by atoms with Crippen molar-refractivity contribution in [3.05, 3.63) is 23.8 Å². The van der Waals surface area contributed by atoms with E-state index >= 15 is 0 Å². The molecule has 120 valence electrons. The molecule has 0 spiro atoms. The molecular formula is C15H20FN3O3. The number of nitrogens with zero attached hydrogens (tertiary/aromatic N) is 2. The van der Waals surface area contributed by atoms with Crippen LogP contribution in [0.2, 0.25) is 0 Å². The molecule has 0 radical (unpaired) electrons. The van der Waals surface area contributed by atoms with Gasteiger partial charge in [0, 0.05) is 18.8 Å². The highest BCUT2D eigenvalue weighted by atomic mass is 19.1. The van der Waals surface area contributed by atoms with Gasteiger partial charge >= 0.3 is 6.03 Å². The second-order valence-electron chi connectivity index (χ2n) is 5.81. The van der Waals surface area contributed by atoms with E-state index in [9.17, 15) is 14.3 Å². The van der Waals surface area contributed by atoms with E-state index in [4.69, 9.17) is 4.74 Å². The standard InChI is InChI=1S/C15H20FN3O3/c1-22-12-4-6-17-10(13(12)16)8-18-15(21)19-7-5-9-2-3-11(20)14(9)19/h4,6,9,11,14,20H,2-3,5,7-8H2,1H3,(H,18,21)/t9-,11+,14+/m0/s1. The Balaban J connectivity index is 1.63. The highest BCUT2D eigenvalue weighted by Crippen LogP contribution is 2.37. The number of hydrogen-bond acceptors (Lipinski definition) is 4. The summed E-state index contributed by atoms with van der Waals surface area (Å²) in [6.07, 6.45) is 3.61. The Bertz CT molecular complexity index is 569. The Kier molecular flexibility index (Phi) is 4.15. The molecule has 2 heterocycles. The van der Waals surface area contributed by atoms with Crippen molar-refractivity contribution in [2.24, 2.45) is 5.92 Å². The Labute approximate surface area is 128 Å². The van der Waals surface area contributed by atoms with Gasteiger partial charge in [-0.2, -0.15) is 0 Å². The fourth-order valence-corrected chi connectivity index (χ4v) is 3.52. The molecular weight excluding hydrogens is 289 g/mol. The molecule has 1 aliphatic heterocycles. The van der Waals surface area contributed by atoms with Crippen LogP contribution in [0.15, 0.2) is 12.3 Å². The minimum absolute atomic E-state index is 0.00809. The van der Waals surface area contributed by atoms with Crippen molar-refractivity contribution in [2.75, 3.05) is 13.7 Å². The van der Waals surface area contributed by atoms with Crippen LogP contribution in [0.3, 0.4) is 0 Å². The zero-order chi connectivity index (χ0) is 15.7. The lowest BCUT2D eigenvalue weighted by molar-refractivity contribution is 0.0965. The van der Waals surface area contributed by atoms with E-state index in [0.29, 0.717) is 12.5 Å². The molecule has 3 atom stereocenters. The minimum atomic E-state index is -0.564. The Morgan fingerprint density at radius 3 is 3.14 bits per heavy atom. The lowest BCUT2D eigenvalue weighted by Gasteiger charge is -2.26. The van der Waals surface area contributed by atoms with Gasteiger partial charge in [0.2, 0.25) is 0 Å². The predicted molar refractivity (Wildman–Crippen MR) is 76.8 cm³/mol. The Hall–Kier alpha value is -1.89. The summed E-state index contributed by atoms with van der Waals surface area (Å²) in [5.41, 5.74) is 0.135. The van der Waals surface area contributed by atoms with E-state index in [2.05, 4.69) is 10.3 Å². The number of methoxy groups -OCH3 is 1. The number of ether oxygens (including phenoxy) is 1. The molecule has 0 unspecified atom stereocenters. The number of aliphatic hydroxyl groups is 1. The Morgan fingerprint density at radius 2 is 2.36 bits per heavy atom. The first kappa shape index (κ1) is 15.0. The molecule has 1 saturated carbocycles.